The number of sulfonamides is 1. The highest BCUT2D eigenvalue weighted by molar-refractivity contribution is 7.88. The van der Waals surface area contributed by atoms with Crippen molar-refractivity contribution in [1.82, 2.24) is 14.5 Å². The molecule has 0 bridgehead atoms. The van der Waals surface area contributed by atoms with E-state index in [0.29, 0.717) is 9.87 Å². The van der Waals surface area contributed by atoms with E-state index >= 15 is 0 Å². The predicted octanol–water partition coefficient (Wildman–Crippen LogP) is 0.221. The van der Waals surface area contributed by atoms with Crippen LogP contribution in [0.4, 0.5) is 9.59 Å². The maximum atomic E-state index is 12.0. The van der Waals surface area contributed by atoms with Gasteiger partial charge in [-0.15, -0.1) is 0 Å². The Hall–Kier alpha value is -2.62. The number of carboxylic acid groups (broad SMARTS) is 1. The normalized spacial score (nSPS) is 14.8. The van der Waals surface area contributed by atoms with E-state index in [0.717, 1.165) is 16.7 Å². The number of carbonyl (C=O) groups excluding carboxylic acids is 2. The van der Waals surface area contributed by atoms with Gasteiger partial charge in [0.2, 0.25) is 10.0 Å². The molecule has 24 heavy (non-hydrogen) atoms. The molecule has 1 heterocycles. The molecule has 9 nitrogen and oxygen atoms in total. The standard InChI is InChI=1S/C14H17N3O6S/c1-24(22,23)17-7-6-16(14(17)21)13(20)15-9-11-4-2-10(3-5-11)8-12(18)19/h2-5H,6-9H2,1H3,(H,15,20)(H,18,19). The highest BCUT2D eigenvalue weighted by Gasteiger charge is 2.37. The van der Waals surface area contributed by atoms with Crippen LogP contribution in [0.15, 0.2) is 24.3 Å². The predicted molar refractivity (Wildman–Crippen MR) is 83.7 cm³/mol. The van der Waals surface area contributed by atoms with Crippen molar-refractivity contribution >= 4 is 28.1 Å². The lowest BCUT2D eigenvalue weighted by atomic mass is 10.1. The van der Waals surface area contributed by atoms with Gasteiger partial charge in [0.1, 0.15) is 0 Å². The number of rotatable bonds is 5. The molecular formula is C14H17N3O6S. The second-order valence-electron chi connectivity index (χ2n) is 5.32. The number of hydrogen-bond donors (Lipinski definition) is 2. The number of hydrogen-bond acceptors (Lipinski definition) is 5. The number of benzene rings is 1. The maximum Gasteiger partial charge on any atom is 0.341 e. The van der Waals surface area contributed by atoms with E-state index in [9.17, 15) is 22.8 Å². The Kier molecular flexibility index (Phi) is 5.07. The van der Waals surface area contributed by atoms with Crippen molar-refractivity contribution in [1.29, 1.82) is 0 Å². The summed E-state index contributed by atoms with van der Waals surface area (Å²) in [7, 11) is -3.69. The quantitative estimate of drug-likeness (QED) is 0.779. The number of nitrogens with one attached hydrogen (secondary N) is 1. The third-order valence-corrected chi connectivity index (χ3v) is 4.58. The van der Waals surface area contributed by atoms with E-state index in [4.69, 9.17) is 5.11 Å². The summed E-state index contributed by atoms with van der Waals surface area (Å²) in [5.41, 5.74) is 1.36. The first-order valence-corrected chi connectivity index (χ1v) is 8.90. The Labute approximate surface area is 138 Å². The summed E-state index contributed by atoms with van der Waals surface area (Å²) in [6, 6.07) is 5.08. The van der Waals surface area contributed by atoms with Crippen LogP contribution in [0, 0.1) is 0 Å². The first kappa shape index (κ1) is 17.7. The van der Waals surface area contributed by atoms with E-state index in [-0.39, 0.29) is 26.1 Å². The van der Waals surface area contributed by atoms with Crippen molar-refractivity contribution in [3.63, 3.8) is 0 Å². The molecule has 1 saturated heterocycles. The van der Waals surface area contributed by atoms with E-state index < -0.39 is 28.1 Å². The molecule has 0 atom stereocenters. The van der Waals surface area contributed by atoms with E-state index in [1.165, 1.54) is 0 Å². The fourth-order valence-corrected chi connectivity index (χ4v) is 3.03. The Morgan fingerprint density at radius 1 is 1.17 bits per heavy atom. The Morgan fingerprint density at radius 2 is 1.75 bits per heavy atom. The van der Waals surface area contributed by atoms with Gasteiger partial charge in [-0.05, 0) is 11.1 Å². The lowest BCUT2D eigenvalue weighted by Gasteiger charge is -2.16. The molecule has 4 amide bonds. The van der Waals surface area contributed by atoms with Crippen molar-refractivity contribution < 1.29 is 27.9 Å². The molecule has 1 aromatic rings. The molecule has 2 rings (SSSR count). The zero-order valence-electron chi connectivity index (χ0n) is 12.9. The summed E-state index contributed by atoms with van der Waals surface area (Å²) in [6.07, 6.45) is 0.821. The minimum absolute atomic E-state index is 0.00468. The fourth-order valence-electron chi connectivity index (χ4n) is 2.24. The molecule has 1 aliphatic heterocycles. The molecule has 2 N–H and O–H groups in total. The van der Waals surface area contributed by atoms with Crippen LogP contribution >= 0.6 is 0 Å². The van der Waals surface area contributed by atoms with Crippen LogP contribution in [0.3, 0.4) is 0 Å². The zero-order chi connectivity index (χ0) is 17.9. The molecule has 0 aromatic heterocycles. The first-order chi connectivity index (χ1) is 11.2. The van der Waals surface area contributed by atoms with Gasteiger partial charge in [0, 0.05) is 6.54 Å². The molecule has 1 aromatic carbocycles. The monoisotopic (exact) mass is 355 g/mol. The number of carbonyl (C=O) groups is 3. The van der Waals surface area contributed by atoms with Crippen LogP contribution in [-0.4, -0.2) is 60.1 Å². The van der Waals surface area contributed by atoms with Crippen molar-refractivity contribution in [3.05, 3.63) is 35.4 Å². The van der Waals surface area contributed by atoms with Crippen LogP contribution in [0.1, 0.15) is 11.1 Å². The number of urea groups is 2. The van der Waals surface area contributed by atoms with Crippen molar-refractivity contribution in [2.75, 3.05) is 19.3 Å². The second kappa shape index (κ2) is 6.87. The topological polar surface area (TPSA) is 124 Å². The summed E-state index contributed by atoms with van der Waals surface area (Å²) < 4.78 is 23.5. The molecule has 0 unspecified atom stereocenters. The van der Waals surface area contributed by atoms with Crippen LogP contribution in [0.5, 0.6) is 0 Å². The number of amides is 4. The van der Waals surface area contributed by atoms with Gasteiger partial charge in [-0.1, -0.05) is 24.3 Å². The average molecular weight is 355 g/mol. The van der Waals surface area contributed by atoms with Crippen molar-refractivity contribution in [3.8, 4) is 0 Å². The van der Waals surface area contributed by atoms with Crippen LogP contribution in [-0.2, 0) is 27.8 Å². The zero-order valence-corrected chi connectivity index (χ0v) is 13.7. The number of carboxylic acids is 1. The molecule has 0 aliphatic carbocycles. The van der Waals surface area contributed by atoms with Crippen LogP contribution < -0.4 is 5.32 Å². The van der Waals surface area contributed by atoms with Gasteiger partial charge in [0.05, 0.1) is 25.8 Å². The van der Waals surface area contributed by atoms with Gasteiger partial charge in [-0.25, -0.2) is 27.2 Å². The summed E-state index contributed by atoms with van der Waals surface area (Å²) in [4.78, 5) is 35.4. The Bertz CT molecular complexity index is 759. The molecule has 0 saturated carbocycles. The lowest BCUT2D eigenvalue weighted by molar-refractivity contribution is -0.136. The lowest BCUT2D eigenvalue weighted by Crippen LogP contribution is -2.43. The summed E-state index contributed by atoms with van der Waals surface area (Å²) >= 11 is 0. The Morgan fingerprint density at radius 3 is 2.25 bits per heavy atom. The molecule has 0 spiro atoms. The molecule has 1 aliphatic rings. The van der Waals surface area contributed by atoms with Crippen LogP contribution in [0.2, 0.25) is 0 Å². The van der Waals surface area contributed by atoms with E-state index in [1.54, 1.807) is 24.3 Å². The maximum absolute atomic E-state index is 12.0. The minimum atomic E-state index is -3.69. The highest BCUT2D eigenvalue weighted by atomic mass is 32.2. The van der Waals surface area contributed by atoms with E-state index in [1.807, 2.05) is 0 Å². The number of imide groups is 1. The Balaban J connectivity index is 1.92. The summed E-state index contributed by atoms with van der Waals surface area (Å²) in [5.74, 6) is -0.931. The van der Waals surface area contributed by atoms with Gasteiger partial charge in [0.25, 0.3) is 0 Å². The first-order valence-electron chi connectivity index (χ1n) is 7.05. The molecule has 1 fully saturated rings. The molecule has 0 radical (unpaired) electrons. The molecule has 10 heteroatoms. The average Bonchev–Trinajstić information content (AvgIpc) is 2.87. The van der Waals surface area contributed by atoms with Gasteiger partial charge in [-0.2, -0.15) is 0 Å². The minimum Gasteiger partial charge on any atom is -0.481 e. The van der Waals surface area contributed by atoms with E-state index in [2.05, 4.69) is 5.32 Å². The third kappa shape index (κ3) is 4.22. The van der Waals surface area contributed by atoms with Gasteiger partial charge < -0.3 is 10.4 Å². The second-order valence-corrected chi connectivity index (χ2v) is 7.22. The van der Waals surface area contributed by atoms with Crippen LogP contribution in [0.25, 0.3) is 0 Å². The van der Waals surface area contributed by atoms with Gasteiger partial charge in [-0.3, -0.25) is 4.79 Å². The number of nitrogens with zero attached hydrogens (tertiary/aromatic N) is 2. The SMILES string of the molecule is CS(=O)(=O)N1CCN(C(=O)NCc2ccc(CC(=O)O)cc2)C1=O. The molecular weight excluding hydrogens is 338 g/mol. The summed E-state index contributed by atoms with van der Waals surface area (Å²) in [6.45, 7) is 0.0685. The van der Waals surface area contributed by atoms with Crippen molar-refractivity contribution in [2.24, 2.45) is 0 Å². The fraction of sp³-hybridized carbons (Fsp3) is 0.357. The number of aliphatic carboxylic acids is 1. The highest BCUT2D eigenvalue weighted by Crippen LogP contribution is 2.13. The van der Waals surface area contributed by atoms with Crippen molar-refractivity contribution in [2.45, 2.75) is 13.0 Å². The third-order valence-electron chi connectivity index (χ3n) is 3.44. The van der Waals surface area contributed by atoms with Gasteiger partial charge in [0.15, 0.2) is 0 Å². The molecule has 130 valence electrons. The smallest absolute Gasteiger partial charge is 0.341 e. The summed E-state index contributed by atoms with van der Waals surface area (Å²) in [5, 5.41) is 11.2. The largest absolute Gasteiger partial charge is 0.481 e. The van der Waals surface area contributed by atoms with Gasteiger partial charge >= 0.3 is 18.0 Å².